The maximum atomic E-state index is 13.1. The molecule has 1 heterocycles. The van der Waals surface area contributed by atoms with Crippen LogP contribution in [0, 0.1) is 0 Å². The number of carbonyl (C=O) groups is 1. The largest absolute Gasteiger partial charge is 0.446 e. The minimum atomic E-state index is -4.47. The standard InChI is InChI=1S/C14H16F3NO2/c1-9(2)20-13(19)18-11-6-4-3-5-10(11)7-8-12(18)14(15,16)17/h3-6,9,12H,7-8H2,1-2H3. The van der Waals surface area contributed by atoms with Crippen molar-refractivity contribution in [3.63, 3.8) is 0 Å². The highest BCUT2D eigenvalue weighted by molar-refractivity contribution is 5.90. The first-order chi connectivity index (χ1) is 9.30. The highest BCUT2D eigenvalue weighted by Gasteiger charge is 2.48. The molecule has 0 fully saturated rings. The molecule has 3 nitrogen and oxygen atoms in total. The second kappa shape index (κ2) is 5.34. The Labute approximate surface area is 115 Å². The van der Waals surface area contributed by atoms with Gasteiger partial charge >= 0.3 is 12.3 Å². The van der Waals surface area contributed by atoms with E-state index in [0.29, 0.717) is 6.42 Å². The maximum absolute atomic E-state index is 13.1. The lowest BCUT2D eigenvalue weighted by atomic mass is 9.96. The van der Waals surface area contributed by atoms with Gasteiger partial charge in [0, 0.05) is 0 Å². The van der Waals surface area contributed by atoms with Crippen molar-refractivity contribution in [1.29, 1.82) is 0 Å². The second-order valence-corrected chi connectivity index (χ2v) is 5.03. The summed E-state index contributed by atoms with van der Waals surface area (Å²) in [7, 11) is 0. The van der Waals surface area contributed by atoms with Gasteiger partial charge in [0.1, 0.15) is 6.04 Å². The lowest BCUT2D eigenvalue weighted by molar-refractivity contribution is -0.150. The summed E-state index contributed by atoms with van der Waals surface area (Å²) in [5, 5.41) is 0. The SMILES string of the molecule is CC(C)OC(=O)N1c2ccccc2CCC1C(F)(F)F. The highest BCUT2D eigenvalue weighted by Crippen LogP contribution is 2.38. The van der Waals surface area contributed by atoms with Gasteiger partial charge in [-0.3, -0.25) is 4.90 Å². The Kier molecular flexibility index (Phi) is 3.92. The number of aryl methyl sites for hydroxylation is 1. The van der Waals surface area contributed by atoms with Gasteiger partial charge in [0.2, 0.25) is 0 Å². The van der Waals surface area contributed by atoms with E-state index >= 15 is 0 Å². The maximum Gasteiger partial charge on any atom is 0.415 e. The van der Waals surface area contributed by atoms with Crippen LogP contribution in [0.25, 0.3) is 0 Å². The summed E-state index contributed by atoms with van der Waals surface area (Å²) >= 11 is 0. The van der Waals surface area contributed by atoms with Crippen LogP contribution in [0.4, 0.5) is 23.7 Å². The van der Waals surface area contributed by atoms with Gasteiger partial charge in [-0.25, -0.2) is 4.79 Å². The van der Waals surface area contributed by atoms with Crippen LogP contribution in [0.1, 0.15) is 25.8 Å². The van der Waals surface area contributed by atoms with Crippen molar-refractivity contribution in [3.8, 4) is 0 Å². The van der Waals surface area contributed by atoms with Gasteiger partial charge in [-0.2, -0.15) is 13.2 Å². The number of alkyl halides is 3. The number of fused-ring (bicyclic) bond motifs is 1. The van der Waals surface area contributed by atoms with Crippen LogP contribution in [0.5, 0.6) is 0 Å². The number of para-hydroxylation sites is 1. The Bertz CT molecular complexity index is 499. The zero-order valence-corrected chi connectivity index (χ0v) is 11.3. The van der Waals surface area contributed by atoms with Gasteiger partial charge in [0.15, 0.2) is 0 Å². The number of hydrogen-bond donors (Lipinski definition) is 0. The minimum absolute atomic E-state index is 0.145. The zero-order valence-electron chi connectivity index (χ0n) is 11.3. The molecule has 0 aromatic heterocycles. The molecule has 0 bridgehead atoms. The molecular weight excluding hydrogens is 271 g/mol. The van der Waals surface area contributed by atoms with E-state index in [2.05, 4.69) is 0 Å². The highest BCUT2D eigenvalue weighted by atomic mass is 19.4. The number of rotatable bonds is 1. The fourth-order valence-corrected chi connectivity index (χ4v) is 2.34. The molecule has 1 aliphatic heterocycles. The van der Waals surface area contributed by atoms with Crippen LogP contribution in [-0.4, -0.2) is 24.4 Å². The van der Waals surface area contributed by atoms with Gasteiger partial charge < -0.3 is 4.74 Å². The molecule has 0 N–H and O–H groups in total. The molecule has 1 atom stereocenters. The van der Waals surface area contributed by atoms with Crippen molar-refractivity contribution in [2.75, 3.05) is 4.90 Å². The van der Waals surface area contributed by atoms with Gasteiger partial charge in [-0.15, -0.1) is 0 Å². The third-order valence-corrected chi connectivity index (χ3v) is 3.16. The molecule has 6 heteroatoms. The third kappa shape index (κ3) is 2.89. The smallest absolute Gasteiger partial charge is 0.415 e. The lowest BCUT2D eigenvalue weighted by Crippen LogP contribution is -2.52. The van der Waals surface area contributed by atoms with E-state index in [1.165, 1.54) is 6.07 Å². The van der Waals surface area contributed by atoms with Crippen molar-refractivity contribution in [2.24, 2.45) is 0 Å². The quantitative estimate of drug-likeness (QED) is 0.783. The summed E-state index contributed by atoms with van der Waals surface area (Å²) in [6, 6.07) is 4.79. The molecule has 0 saturated heterocycles. The molecule has 1 unspecified atom stereocenters. The van der Waals surface area contributed by atoms with Crippen molar-refractivity contribution in [2.45, 2.75) is 45.0 Å². The molecule has 1 aromatic carbocycles. The number of anilines is 1. The Morgan fingerprint density at radius 3 is 2.60 bits per heavy atom. The third-order valence-electron chi connectivity index (χ3n) is 3.16. The van der Waals surface area contributed by atoms with Crippen LogP contribution < -0.4 is 4.90 Å². The summed E-state index contributed by atoms with van der Waals surface area (Å²) < 4.78 is 44.4. The average Bonchev–Trinajstić information content (AvgIpc) is 2.35. The molecule has 1 aromatic rings. The number of amides is 1. The number of halogens is 3. The number of hydrogen-bond acceptors (Lipinski definition) is 2. The Morgan fingerprint density at radius 1 is 1.35 bits per heavy atom. The minimum Gasteiger partial charge on any atom is -0.446 e. The number of carbonyl (C=O) groups excluding carboxylic acids is 1. The topological polar surface area (TPSA) is 29.5 Å². The summed E-state index contributed by atoms with van der Waals surface area (Å²) in [4.78, 5) is 12.8. The van der Waals surface area contributed by atoms with Crippen LogP contribution in [0.3, 0.4) is 0 Å². The molecule has 2 rings (SSSR count). The number of ether oxygens (including phenoxy) is 1. The van der Waals surface area contributed by atoms with Gasteiger partial charge in [0.05, 0.1) is 11.8 Å². The number of nitrogens with zero attached hydrogens (tertiary/aromatic N) is 1. The van der Waals surface area contributed by atoms with Crippen LogP contribution in [0.2, 0.25) is 0 Å². The van der Waals surface area contributed by atoms with E-state index in [1.54, 1.807) is 32.0 Å². The van der Waals surface area contributed by atoms with Crippen LogP contribution in [-0.2, 0) is 11.2 Å². The first kappa shape index (κ1) is 14.7. The second-order valence-electron chi connectivity index (χ2n) is 5.03. The fraction of sp³-hybridized carbons (Fsp3) is 0.500. The van der Waals surface area contributed by atoms with Crippen LogP contribution >= 0.6 is 0 Å². The van der Waals surface area contributed by atoms with E-state index in [-0.39, 0.29) is 12.1 Å². The molecule has 1 amide bonds. The van der Waals surface area contributed by atoms with Gasteiger partial charge in [-0.1, -0.05) is 18.2 Å². The van der Waals surface area contributed by atoms with E-state index in [4.69, 9.17) is 4.74 Å². The van der Waals surface area contributed by atoms with Gasteiger partial charge in [0.25, 0.3) is 0 Å². The first-order valence-electron chi connectivity index (χ1n) is 6.45. The predicted molar refractivity (Wildman–Crippen MR) is 68.7 cm³/mol. The van der Waals surface area contributed by atoms with Crippen molar-refractivity contribution in [3.05, 3.63) is 29.8 Å². The Balaban J connectivity index is 2.41. The molecule has 0 spiro atoms. The molecule has 0 saturated carbocycles. The zero-order chi connectivity index (χ0) is 14.9. The summed E-state index contributed by atoms with van der Waals surface area (Å²) in [6.07, 6.45) is -5.73. The monoisotopic (exact) mass is 287 g/mol. The molecule has 110 valence electrons. The lowest BCUT2D eigenvalue weighted by Gasteiger charge is -2.37. The van der Waals surface area contributed by atoms with E-state index in [0.717, 1.165) is 10.5 Å². The fourth-order valence-electron chi connectivity index (χ4n) is 2.34. The summed E-state index contributed by atoms with van der Waals surface area (Å²) in [5.74, 6) is 0. The van der Waals surface area contributed by atoms with E-state index in [1.807, 2.05) is 0 Å². The van der Waals surface area contributed by atoms with Crippen molar-refractivity contribution in [1.82, 2.24) is 0 Å². The molecule has 20 heavy (non-hydrogen) atoms. The molecule has 0 aliphatic carbocycles. The molecular formula is C14H16F3NO2. The van der Waals surface area contributed by atoms with Crippen molar-refractivity contribution >= 4 is 11.8 Å². The number of benzene rings is 1. The first-order valence-corrected chi connectivity index (χ1v) is 6.45. The Morgan fingerprint density at radius 2 is 2.00 bits per heavy atom. The predicted octanol–water partition coefficient (Wildman–Crippen LogP) is 3.92. The van der Waals surface area contributed by atoms with Crippen molar-refractivity contribution < 1.29 is 22.7 Å². The van der Waals surface area contributed by atoms with Gasteiger partial charge in [-0.05, 0) is 38.3 Å². The normalized spacial score (nSPS) is 18.9. The van der Waals surface area contributed by atoms with E-state index < -0.39 is 24.4 Å². The summed E-state index contributed by atoms with van der Waals surface area (Å²) in [5.41, 5.74) is 1.01. The molecule has 0 radical (unpaired) electrons. The summed E-state index contributed by atoms with van der Waals surface area (Å²) in [6.45, 7) is 3.21. The Hall–Kier alpha value is -1.72. The van der Waals surface area contributed by atoms with E-state index in [9.17, 15) is 18.0 Å². The molecule has 1 aliphatic rings. The van der Waals surface area contributed by atoms with Crippen LogP contribution in [0.15, 0.2) is 24.3 Å². The average molecular weight is 287 g/mol.